The number of aryl methyl sites for hydroxylation is 1. The summed E-state index contributed by atoms with van der Waals surface area (Å²) < 4.78 is 3.81. The highest BCUT2D eigenvalue weighted by Gasteiger charge is 2.20. The molecule has 1 N–H and O–H groups in total. The highest BCUT2D eigenvalue weighted by Crippen LogP contribution is 2.27. The Bertz CT molecular complexity index is 867. The van der Waals surface area contributed by atoms with Crippen molar-refractivity contribution in [3.05, 3.63) is 36.5 Å². The van der Waals surface area contributed by atoms with Crippen LogP contribution in [0.5, 0.6) is 0 Å². The van der Waals surface area contributed by atoms with Crippen LogP contribution in [0.15, 0.2) is 41.7 Å². The number of carbonyl (C=O) groups is 1. The Hall–Kier alpha value is -2.28. The van der Waals surface area contributed by atoms with Crippen molar-refractivity contribution < 1.29 is 4.79 Å². The quantitative estimate of drug-likeness (QED) is 0.721. The average Bonchev–Trinajstić information content (AvgIpc) is 3.13. The van der Waals surface area contributed by atoms with Crippen LogP contribution in [0.2, 0.25) is 0 Å². The third-order valence-electron chi connectivity index (χ3n) is 3.81. The first-order chi connectivity index (χ1) is 11.5. The standard InChI is InChI=1S/C17H21N5OS/c1-11(2)22-15(9-10-18-22)20-16(23)12(3)24-17-19-13-7-5-6-8-14(13)21(17)4/h5-12H,1-4H3,(H,20,23). The number of nitrogens with one attached hydrogen (secondary N) is 1. The van der Waals surface area contributed by atoms with E-state index >= 15 is 0 Å². The summed E-state index contributed by atoms with van der Waals surface area (Å²) in [4.78, 5) is 17.1. The topological polar surface area (TPSA) is 64.7 Å². The van der Waals surface area contributed by atoms with Crippen LogP contribution in [-0.4, -0.2) is 30.5 Å². The van der Waals surface area contributed by atoms with Crippen LogP contribution in [0.1, 0.15) is 26.8 Å². The molecule has 0 saturated carbocycles. The number of hydrogen-bond donors (Lipinski definition) is 1. The predicted molar refractivity (Wildman–Crippen MR) is 97.3 cm³/mol. The highest BCUT2D eigenvalue weighted by atomic mass is 32.2. The Balaban J connectivity index is 1.74. The summed E-state index contributed by atoms with van der Waals surface area (Å²) in [6, 6.07) is 9.96. The maximum absolute atomic E-state index is 12.5. The van der Waals surface area contributed by atoms with Gasteiger partial charge in [-0.15, -0.1) is 0 Å². The van der Waals surface area contributed by atoms with Crippen LogP contribution in [0.3, 0.4) is 0 Å². The molecule has 1 amide bonds. The van der Waals surface area contributed by atoms with Crippen LogP contribution in [0, 0.1) is 0 Å². The van der Waals surface area contributed by atoms with Crippen LogP contribution in [0.25, 0.3) is 11.0 Å². The molecule has 24 heavy (non-hydrogen) atoms. The number of hydrogen-bond acceptors (Lipinski definition) is 4. The number of amides is 1. The normalized spacial score (nSPS) is 12.7. The molecule has 0 saturated heterocycles. The lowest BCUT2D eigenvalue weighted by molar-refractivity contribution is -0.115. The van der Waals surface area contributed by atoms with Crippen molar-refractivity contribution in [2.75, 3.05) is 5.32 Å². The number of anilines is 1. The van der Waals surface area contributed by atoms with Crippen LogP contribution < -0.4 is 5.32 Å². The van der Waals surface area contributed by atoms with Crippen molar-refractivity contribution in [3.63, 3.8) is 0 Å². The van der Waals surface area contributed by atoms with Gasteiger partial charge in [0.1, 0.15) is 5.82 Å². The van der Waals surface area contributed by atoms with Gasteiger partial charge in [-0.1, -0.05) is 23.9 Å². The number of nitrogens with zero attached hydrogens (tertiary/aromatic N) is 4. The molecule has 7 heteroatoms. The third kappa shape index (κ3) is 3.17. The number of fused-ring (bicyclic) bond motifs is 1. The van der Waals surface area contributed by atoms with E-state index in [2.05, 4.69) is 15.4 Å². The van der Waals surface area contributed by atoms with Gasteiger partial charge in [-0.3, -0.25) is 4.79 Å². The van der Waals surface area contributed by atoms with Crippen molar-refractivity contribution in [3.8, 4) is 0 Å². The maximum atomic E-state index is 12.5. The molecule has 6 nitrogen and oxygen atoms in total. The average molecular weight is 343 g/mol. The lowest BCUT2D eigenvalue weighted by atomic mass is 10.3. The molecule has 2 heterocycles. The first-order valence-electron chi connectivity index (χ1n) is 7.90. The molecule has 126 valence electrons. The predicted octanol–water partition coefficient (Wildman–Crippen LogP) is 3.47. The second-order valence-corrected chi connectivity index (χ2v) is 7.25. The molecule has 3 aromatic rings. The summed E-state index contributed by atoms with van der Waals surface area (Å²) in [5.74, 6) is 0.655. The summed E-state index contributed by atoms with van der Waals surface area (Å²) in [5.41, 5.74) is 2.00. The molecule has 1 aromatic carbocycles. The first-order valence-corrected chi connectivity index (χ1v) is 8.78. The molecular formula is C17H21N5OS. The van der Waals surface area contributed by atoms with Gasteiger partial charge in [0.05, 0.1) is 22.5 Å². The first kappa shape index (κ1) is 16.6. The third-order valence-corrected chi connectivity index (χ3v) is 4.95. The molecule has 3 rings (SSSR count). The Morgan fingerprint density at radius 1 is 1.21 bits per heavy atom. The minimum atomic E-state index is -0.268. The van der Waals surface area contributed by atoms with E-state index in [4.69, 9.17) is 0 Å². The number of thioether (sulfide) groups is 1. The smallest absolute Gasteiger partial charge is 0.238 e. The van der Waals surface area contributed by atoms with Crippen molar-refractivity contribution >= 4 is 34.5 Å². The Morgan fingerprint density at radius 2 is 1.96 bits per heavy atom. The molecule has 0 spiro atoms. The van der Waals surface area contributed by atoms with Crippen LogP contribution in [0.4, 0.5) is 5.82 Å². The lowest BCUT2D eigenvalue weighted by Gasteiger charge is -2.14. The SMILES string of the molecule is CC(Sc1nc2ccccc2n1C)C(=O)Nc1ccnn1C(C)C. The van der Waals surface area contributed by atoms with E-state index in [9.17, 15) is 4.79 Å². The van der Waals surface area contributed by atoms with E-state index in [1.807, 2.05) is 62.7 Å². The number of rotatable bonds is 5. The zero-order valence-electron chi connectivity index (χ0n) is 14.2. The largest absolute Gasteiger partial charge is 0.322 e. The fourth-order valence-corrected chi connectivity index (χ4v) is 3.38. The zero-order valence-corrected chi connectivity index (χ0v) is 15.0. The van der Waals surface area contributed by atoms with E-state index in [-0.39, 0.29) is 17.2 Å². The Morgan fingerprint density at radius 3 is 2.67 bits per heavy atom. The minimum absolute atomic E-state index is 0.0607. The molecule has 0 bridgehead atoms. The zero-order chi connectivity index (χ0) is 17.3. The van der Waals surface area contributed by atoms with E-state index < -0.39 is 0 Å². The monoisotopic (exact) mass is 343 g/mol. The number of carbonyl (C=O) groups excluding carboxylic acids is 1. The molecule has 1 unspecified atom stereocenters. The number of aromatic nitrogens is 4. The van der Waals surface area contributed by atoms with Gasteiger partial charge in [0.2, 0.25) is 5.91 Å². The number of benzene rings is 1. The van der Waals surface area contributed by atoms with Crippen molar-refractivity contribution in [1.29, 1.82) is 0 Å². The van der Waals surface area contributed by atoms with E-state index in [1.54, 1.807) is 10.9 Å². The van der Waals surface area contributed by atoms with Crippen LogP contribution >= 0.6 is 11.8 Å². The second kappa shape index (κ2) is 6.68. The molecule has 0 aliphatic carbocycles. The van der Waals surface area contributed by atoms with Gasteiger partial charge >= 0.3 is 0 Å². The van der Waals surface area contributed by atoms with Gasteiger partial charge in [0, 0.05) is 19.2 Å². The molecule has 0 aliphatic rings. The van der Waals surface area contributed by atoms with Gasteiger partial charge in [0.15, 0.2) is 5.16 Å². The Labute approximate surface area is 145 Å². The van der Waals surface area contributed by atoms with Gasteiger partial charge in [-0.25, -0.2) is 9.67 Å². The van der Waals surface area contributed by atoms with Gasteiger partial charge in [0.25, 0.3) is 0 Å². The van der Waals surface area contributed by atoms with E-state index in [1.165, 1.54) is 11.8 Å². The molecule has 0 aliphatic heterocycles. The van der Waals surface area contributed by atoms with Crippen LogP contribution in [-0.2, 0) is 11.8 Å². The van der Waals surface area contributed by atoms with Crippen molar-refractivity contribution in [2.24, 2.45) is 7.05 Å². The molecule has 2 aromatic heterocycles. The summed E-state index contributed by atoms with van der Waals surface area (Å²) in [6.45, 7) is 5.94. The van der Waals surface area contributed by atoms with Gasteiger partial charge in [-0.2, -0.15) is 5.10 Å². The number of imidazole rings is 1. The molecule has 0 fully saturated rings. The van der Waals surface area contributed by atoms with Gasteiger partial charge < -0.3 is 9.88 Å². The number of para-hydroxylation sites is 2. The minimum Gasteiger partial charge on any atom is -0.322 e. The molecule has 0 radical (unpaired) electrons. The maximum Gasteiger partial charge on any atom is 0.238 e. The summed E-state index contributed by atoms with van der Waals surface area (Å²) in [7, 11) is 1.97. The van der Waals surface area contributed by atoms with Crippen molar-refractivity contribution in [2.45, 2.75) is 37.2 Å². The molecular weight excluding hydrogens is 322 g/mol. The van der Waals surface area contributed by atoms with E-state index in [0.717, 1.165) is 16.2 Å². The Kier molecular flexibility index (Phi) is 4.62. The summed E-state index contributed by atoms with van der Waals surface area (Å²) >= 11 is 1.45. The highest BCUT2D eigenvalue weighted by molar-refractivity contribution is 8.00. The summed E-state index contributed by atoms with van der Waals surface area (Å²) in [5, 5.41) is 7.74. The fourth-order valence-electron chi connectivity index (χ4n) is 2.49. The molecule has 1 atom stereocenters. The lowest BCUT2D eigenvalue weighted by Crippen LogP contribution is -2.24. The van der Waals surface area contributed by atoms with E-state index in [0.29, 0.717) is 5.82 Å². The second-order valence-electron chi connectivity index (χ2n) is 5.95. The van der Waals surface area contributed by atoms with Crippen molar-refractivity contribution in [1.82, 2.24) is 19.3 Å². The summed E-state index contributed by atoms with van der Waals surface area (Å²) in [6.07, 6.45) is 1.69. The fraction of sp³-hybridized carbons (Fsp3) is 0.353. The van der Waals surface area contributed by atoms with Gasteiger partial charge in [-0.05, 0) is 32.9 Å².